The minimum atomic E-state index is -3.53. The number of carbonyl (C=O) groups excluding carboxylic acids is 1. The molecule has 1 aromatic rings. The van der Waals surface area contributed by atoms with Crippen LogP contribution in [0.5, 0.6) is 5.75 Å². The summed E-state index contributed by atoms with van der Waals surface area (Å²) >= 11 is 0. The van der Waals surface area contributed by atoms with Gasteiger partial charge in [-0.15, -0.1) is 0 Å². The van der Waals surface area contributed by atoms with E-state index in [0.29, 0.717) is 19.7 Å². The molecule has 1 atom stereocenters. The number of hydrogen-bond donors (Lipinski definition) is 1. The smallest absolute Gasteiger partial charge is 0.222 e. The van der Waals surface area contributed by atoms with Gasteiger partial charge in [-0.2, -0.15) is 0 Å². The van der Waals surface area contributed by atoms with Crippen molar-refractivity contribution in [1.82, 2.24) is 4.90 Å². The fourth-order valence-electron chi connectivity index (χ4n) is 2.73. The van der Waals surface area contributed by atoms with Gasteiger partial charge >= 0.3 is 0 Å². The fraction of sp³-hybridized carbons (Fsp3) is 0.533. The van der Waals surface area contributed by atoms with E-state index in [2.05, 4.69) is 0 Å². The summed E-state index contributed by atoms with van der Waals surface area (Å²) in [5.74, 6) is 0.487. The molecule has 1 amide bonds. The van der Waals surface area contributed by atoms with Crippen LogP contribution in [0.3, 0.4) is 0 Å². The number of ether oxygens (including phenoxy) is 1. The fourth-order valence-corrected chi connectivity index (χ4v) is 3.61. The van der Waals surface area contributed by atoms with Crippen LogP contribution in [0.2, 0.25) is 0 Å². The molecule has 1 aromatic carbocycles. The summed E-state index contributed by atoms with van der Waals surface area (Å²) < 4.78 is 27.7. The topological polar surface area (TPSA) is 89.7 Å². The van der Waals surface area contributed by atoms with Gasteiger partial charge < -0.3 is 9.64 Å². The van der Waals surface area contributed by atoms with Crippen LogP contribution in [0.25, 0.3) is 0 Å². The van der Waals surface area contributed by atoms with Crippen LogP contribution in [-0.2, 0) is 21.2 Å². The Labute approximate surface area is 131 Å². The lowest BCUT2D eigenvalue weighted by molar-refractivity contribution is -0.127. The average Bonchev–Trinajstić information content (AvgIpc) is 2.75. The lowest BCUT2D eigenvalue weighted by Gasteiger charge is -2.16. The number of hydrogen-bond acceptors (Lipinski definition) is 4. The van der Waals surface area contributed by atoms with E-state index in [9.17, 15) is 13.2 Å². The number of nitrogens with two attached hydrogens (primary N) is 1. The number of likely N-dealkylation sites (tertiary alicyclic amines) is 1. The van der Waals surface area contributed by atoms with Gasteiger partial charge in [0.05, 0.1) is 12.4 Å². The second-order valence-electron chi connectivity index (χ2n) is 5.57. The number of sulfonamides is 1. The van der Waals surface area contributed by atoms with Gasteiger partial charge in [-0.05, 0) is 31.0 Å². The molecule has 0 radical (unpaired) electrons. The summed E-state index contributed by atoms with van der Waals surface area (Å²) in [5.41, 5.74) is 1.09. The molecule has 1 fully saturated rings. The molecule has 2 N–H and O–H groups in total. The lowest BCUT2D eigenvalue weighted by atomic mass is 10.1. The molecule has 1 saturated heterocycles. The van der Waals surface area contributed by atoms with Crippen molar-refractivity contribution >= 4 is 15.9 Å². The second kappa shape index (κ2) is 7.11. The zero-order valence-electron chi connectivity index (χ0n) is 12.7. The summed E-state index contributed by atoms with van der Waals surface area (Å²) in [4.78, 5) is 13.6. The van der Waals surface area contributed by atoms with Gasteiger partial charge in [-0.3, -0.25) is 4.79 Å². The Kier molecular flexibility index (Phi) is 5.42. The van der Waals surface area contributed by atoms with Crippen molar-refractivity contribution in [1.29, 1.82) is 0 Å². The monoisotopic (exact) mass is 326 g/mol. The van der Waals surface area contributed by atoms with Crippen LogP contribution >= 0.6 is 0 Å². The van der Waals surface area contributed by atoms with Crippen LogP contribution in [0.4, 0.5) is 0 Å². The molecule has 6 nitrogen and oxygen atoms in total. The van der Waals surface area contributed by atoms with Gasteiger partial charge in [0, 0.05) is 25.4 Å². The van der Waals surface area contributed by atoms with Crippen molar-refractivity contribution in [2.45, 2.75) is 19.8 Å². The predicted molar refractivity (Wildman–Crippen MR) is 84.0 cm³/mol. The first kappa shape index (κ1) is 16.8. The zero-order valence-corrected chi connectivity index (χ0v) is 13.5. The highest BCUT2D eigenvalue weighted by Crippen LogP contribution is 2.20. The Hall–Kier alpha value is -1.60. The van der Waals surface area contributed by atoms with Gasteiger partial charge in [-0.25, -0.2) is 13.6 Å². The van der Waals surface area contributed by atoms with E-state index in [1.54, 1.807) is 4.90 Å². The molecule has 0 bridgehead atoms. The number of carbonyl (C=O) groups is 1. The van der Waals surface area contributed by atoms with Gasteiger partial charge in [-0.1, -0.05) is 12.1 Å². The largest absolute Gasteiger partial charge is 0.494 e. The molecule has 0 aromatic heterocycles. The molecule has 0 saturated carbocycles. The van der Waals surface area contributed by atoms with Crippen LogP contribution < -0.4 is 9.88 Å². The predicted octanol–water partition coefficient (Wildman–Crippen LogP) is 0.765. The third-order valence-electron chi connectivity index (χ3n) is 3.64. The summed E-state index contributed by atoms with van der Waals surface area (Å²) in [6.07, 6.45) is 0.976. The van der Waals surface area contributed by atoms with E-state index in [0.717, 1.165) is 17.7 Å². The molecule has 22 heavy (non-hydrogen) atoms. The number of amides is 1. The molecule has 1 unspecified atom stereocenters. The van der Waals surface area contributed by atoms with Gasteiger partial charge in [0.1, 0.15) is 5.75 Å². The van der Waals surface area contributed by atoms with Crippen LogP contribution in [0.1, 0.15) is 18.9 Å². The molecular weight excluding hydrogens is 304 g/mol. The molecule has 1 heterocycles. The summed E-state index contributed by atoms with van der Waals surface area (Å²) in [6.45, 7) is 3.58. The number of rotatable bonds is 7. The van der Waals surface area contributed by atoms with Crippen molar-refractivity contribution in [3.63, 3.8) is 0 Å². The van der Waals surface area contributed by atoms with Crippen molar-refractivity contribution < 1.29 is 17.9 Å². The number of benzene rings is 1. The molecule has 7 heteroatoms. The highest BCUT2D eigenvalue weighted by atomic mass is 32.2. The van der Waals surface area contributed by atoms with E-state index < -0.39 is 10.0 Å². The number of primary sulfonamides is 1. The zero-order chi connectivity index (χ0) is 16.2. The Balaban J connectivity index is 1.89. The summed E-state index contributed by atoms with van der Waals surface area (Å²) in [6, 6.07) is 7.78. The Bertz CT molecular complexity index is 630. The van der Waals surface area contributed by atoms with Crippen LogP contribution in [-0.4, -0.2) is 44.7 Å². The average molecular weight is 326 g/mol. The van der Waals surface area contributed by atoms with Crippen molar-refractivity contribution in [3.8, 4) is 5.75 Å². The highest BCUT2D eigenvalue weighted by molar-refractivity contribution is 7.89. The molecule has 1 aliphatic heterocycles. The molecule has 0 aliphatic carbocycles. The number of nitrogens with zero attached hydrogens (tertiary/aromatic N) is 1. The first-order valence-electron chi connectivity index (χ1n) is 7.37. The van der Waals surface area contributed by atoms with Gasteiger partial charge in [0.15, 0.2) is 0 Å². The summed E-state index contributed by atoms with van der Waals surface area (Å²) in [7, 11) is -3.53. The van der Waals surface area contributed by atoms with Crippen molar-refractivity contribution in [2.75, 3.05) is 25.4 Å². The maximum absolute atomic E-state index is 11.9. The maximum Gasteiger partial charge on any atom is 0.222 e. The molecule has 0 spiro atoms. The molecule has 1 aliphatic rings. The quantitative estimate of drug-likeness (QED) is 0.801. The van der Waals surface area contributed by atoms with Crippen molar-refractivity contribution in [2.24, 2.45) is 11.1 Å². The van der Waals surface area contributed by atoms with Gasteiger partial charge in [0.25, 0.3) is 0 Å². The Morgan fingerprint density at radius 2 is 2.18 bits per heavy atom. The van der Waals surface area contributed by atoms with E-state index in [-0.39, 0.29) is 24.0 Å². The third kappa shape index (κ3) is 4.99. The first-order chi connectivity index (χ1) is 10.4. The minimum absolute atomic E-state index is 0.00499. The van der Waals surface area contributed by atoms with E-state index in [1.807, 2.05) is 31.2 Å². The maximum atomic E-state index is 11.9. The van der Waals surface area contributed by atoms with E-state index in [4.69, 9.17) is 9.88 Å². The highest BCUT2D eigenvalue weighted by Gasteiger charge is 2.31. The van der Waals surface area contributed by atoms with E-state index >= 15 is 0 Å². The van der Waals surface area contributed by atoms with Crippen LogP contribution in [0, 0.1) is 5.92 Å². The molecular formula is C15H22N2O4S. The normalized spacial score (nSPS) is 18.7. The van der Waals surface area contributed by atoms with Crippen LogP contribution in [0.15, 0.2) is 24.3 Å². The van der Waals surface area contributed by atoms with Gasteiger partial charge in [0.2, 0.25) is 15.9 Å². The third-order valence-corrected chi connectivity index (χ3v) is 4.58. The minimum Gasteiger partial charge on any atom is -0.494 e. The Morgan fingerprint density at radius 1 is 1.41 bits per heavy atom. The van der Waals surface area contributed by atoms with E-state index in [1.165, 1.54) is 0 Å². The lowest BCUT2D eigenvalue weighted by Crippen LogP contribution is -2.29. The molecule has 122 valence electrons. The SMILES string of the molecule is CCOc1cccc(CCN2CC(CS(N)(=O)=O)CC2=O)c1. The second-order valence-corrected chi connectivity index (χ2v) is 7.23. The Morgan fingerprint density at radius 3 is 2.86 bits per heavy atom. The summed E-state index contributed by atoms with van der Waals surface area (Å²) in [5, 5.41) is 5.04. The molecule has 2 rings (SSSR count). The van der Waals surface area contributed by atoms with Crippen molar-refractivity contribution in [3.05, 3.63) is 29.8 Å². The first-order valence-corrected chi connectivity index (χ1v) is 9.09. The standard InChI is InChI=1S/C15H22N2O4S/c1-2-21-14-5-3-4-12(8-14)6-7-17-10-13(9-15(17)18)11-22(16,19)20/h3-5,8,13H,2,6-7,9-11H2,1H3,(H2,16,19,20).